The Balaban J connectivity index is 1.88. The van der Waals surface area contributed by atoms with Gasteiger partial charge in [-0.1, -0.05) is 11.8 Å². The van der Waals surface area contributed by atoms with Crippen LogP contribution in [0.3, 0.4) is 0 Å². The zero-order valence-electron chi connectivity index (χ0n) is 11.1. The topological polar surface area (TPSA) is 23.5 Å². The van der Waals surface area contributed by atoms with E-state index in [9.17, 15) is 0 Å². The molecule has 98 valence electrons. The molecule has 0 spiro atoms. The molecule has 1 unspecified atom stereocenters. The number of rotatable bonds is 5. The van der Waals surface area contributed by atoms with Crippen LogP contribution in [0.15, 0.2) is 12.1 Å². The lowest BCUT2D eigenvalue weighted by Crippen LogP contribution is -2.29. The molecule has 1 aliphatic carbocycles. The zero-order valence-corrected chi connectivity index (χ0v) is 12.0. The summed E-state index contributed by atoms with van der Waals surface area (Å²) in [6.07, 6.45) is 3.35. The van der Waals surface area contributed by atoms with E-state index >= 15 is 0 Å². The Morgan fingerprint density at radius 1 is 1.50 bits per heavy atom. The Bertz CT molecular complexity index is 439. The quantitative estimate of drug-likeness (QED) is 0.826. The van der Waals surface area contributed by atoms with Crippen molar-refractivity contribution in [3.05, 3.63) is 21.9 Å². The predicted octanol–water partition coefficient (Wildman–Crippen LogP) is 2.71. The van der Waals surface area contributed by atoms with Gasteiger partial charge in [-0.05, 0) is 44.9 Å². The summed E-state index contributed by atoms with van der Waals surface area (Å²) in [5, 5.41) is 8.68. The highest BCUT2D eigenvalue weighted by Crippen LogP contribution is 2.35. The summed E-state index contributed by atoms with van der Waals surface area (Å²) in [6, 6.07) is 4.94. The van der Waals surface area contributed by atoms with Gasteiger partial charge in [-0.25, -0.2) is 0 Å². The fourth-order valence-electron chi connectivity index (χ4n) is 2.06. The minimum absolute atomic E-state index is 0.146. The Kier molecular flexibility index (Phi) is 4.82. The molecular weight excluding hydrogens is 242 g/mol. The van der Waals surface area contributed by atoms with Gasteiger partial charge < -0.3 is 5.11 Å². The highest BCUT2D eigenvalue weighted by atomic mass is 32.1. The normalized spacial score (nSPS) is 16.4. The predicted molar refractivity (Wildman–Crippen MR) is 76.6 cm³/mol. The summed E-state index contributed by atoms with van der Waals surface area (Å²) < 4.78 is 0. The second-order valence-corrected chi connectivity index (χ2v) is 6.20. The van der Waals surface area contributed by atoms with Crippen LogP contribution in [0.4, 0.5) is 0 Å². The first-order valence-corrected chi connectivity index (χ1v) is 7.41. The largest absolute Gasteiger partial charge is 0.395 e. The minimum atomic E-state index is 0.146. The summed E-state index contributed by atoms with van der Waals surface area (Å²) in [6.45, 7) is 3.49. The van der Waals surface area contributed by atoms with Crippen LogP contribution in [0, 0.1) is 17.8 Å². The van der Waals surface area contributed by atoms with Gasteiger partial charge in [0.2, 0.25) is 0 Å². The monoisotopic (exact) mass is 263 g/mol. The van der Waals surface area contributed by atoms with E-state index in [1.165, 1.54) is 17.7 Å². The van der Waals surface area contributed by atoms with Crippen LogP contribution in [0.1, 0.15) is 35.9 Å². The molecule has 0 aliphatic heterocycles. The van der Waals surface area contributed by atoms with Gasteiger partial charge in [0.05, 0.1) is 11.5 Å². The lowest BCUT2D eigenvalue weighted by Gasteiger charge is -2.23. The second kappa shape index (κ2) is 6.38. The van der Waals surface area contributed by atoms with Crippen molar-refractivity contribution in [3.63, 3.8) is 0 Å². The third-order valence-corrected chi connectivity index (χ3v) is 4.50. The Hall–Kier alpha value is -0.820. The lowest BCUT2D eigenvalue weighted by atomic mass is 10.2. The van der Waals surface area contributed by atoms with Crippen LogP contribution in [-0.2, 0) is 6.54 Å². The van der Waals surface area contributed by atoms with Crippen molar-refractivity contribution < 1.29 is 5.11 Å². The van der Waals surface area contributed by atoms with E-state index in [2.05, 4.69) is 42.8 Å². The van der Waals surface area contributed by atoms with Gasteiger partial charge in [-0.15, -0.1) is 11.3 Å². The third-order valence-electron chi connectivity index (χ3n) is 3.51. The molecule has 2 rings (SSSR count). The number of hydrogen-bond donors (Lipinski definition) is 1. The van der Waals surface area contributed by atoms with E-state index in [4.69, 9.17) is 5.11 Å². The van der Waals surface area contributed by atoms with Crippen molar-refractivity contribution in [2.45, 2.75) is 38.8 Å². The van der Waals surface area contributed by atoms with Crippen LogP contribution >= 0.6 is 11.3 Å². The van der Waals surface area contributed by atoms with Crippen molar-refractivity contribution in [1.29, 1.82) is 0 Å². The number of nitrogens with zero attached hydrogens (tertiary/aromatic N) is 1. The van der Waals surface area contributed by atoms with Crippen LogP contribution in [-0.4, -0.2) is 29.7 Å². The molecule has 1 saturated carbocycles. The maximum atomic E-state index is 8.68. The highest BCUT2D eigenvalue weighted by Gasteiger charge is 2.30. The van der Waals surface area contributed by atoms with Gasteiger partial charge in [0.25, 0.3) is 0 Å². The van der Waals surface area contributed by atoms with Crippen LogP contribution < -0.4 is 0 Å². The smallest absolute Gasteiger partial charge is 0.0771 e. The van der Waals surface area contributed by atoms with Gasteiger partial charge >= 0.3 is 0 Å². The maximum absolute atomic E-state index is 8.68. The van der Waals surface area contributed by atoms with Crippen LogP contribution in [0.5, 0.6) is 0 Å². The number of thiophene rings is 1. The molecule has 1 aromatic rings. The summed E-state index contributed by atoms with van der Waals surface area (Å²) in [4.78, 5) is 4.92. The molecule has 0 bridgehead atoms. The fraction of sp³-hybridized carbons (Fsp3) is 0.600. The van der Waals surface area contributed by atoms with Gasteiger partial charge in [0, 0.05) is 23.9 Å². The van der Waals surface area contributed by atoms with E-state index in [-0.39, 0.29) is 6.61 Å². The molecule has 0 amide bonds. The first-order valence-electron chi connectivity index (χ1n) is 6.59. The molecule has 1 aliphatic rings. The number of aliphatic hydroxyl groups excluding tert-OH is 1. The molecule has 0 aromatic carbocycles. The standard InChI is InChI=1S/C15H21NOS/c1-12(13-6-7-13)16(2)11-15-9-8-14(18-15)5-3-4-10-17/h8-9,12-13,17H,4,6-7,10-11H2,1-2H3. The van der Waals surface area contributed by atoms with E-state index in [0.717, 1.165) is 17.3 Å². The Morgan fingerprint density at radius 2 is 2.28 bits per heavy atom. The summed E-state index contributed by atoms with van der Waals surface area (Å²) in [5.74, 6) is 6.97. The lowest BCUT2D eigenvalue weighted by molar-refractivity contribution is 0.228. The molecule has 2 nitrogen and oxygen atoms in total. The Morgan fingerprint density at radius 3 is 2.94 bits per heavy atom. The van der Waals surface area contributed by atoms with E-state index < -0.39 is 0 Å². The Labute approximate surface area is 114 Å². The van der Waals surface area contributed by atoms with Gasteiger partial charge in [-0.3, -0.25) is 4.90 Å². The second-order valence-electron chi connectivity index (χ2n) is 5.03. The van der Waals surface area contributed by atoms with E-state index in [1.54, 1.807) is 11.3 Å². The van der Waals surface area contributed by atoms with Crippen molar-refractivity contribution in [1.82, 2.24) is 4.90 Å². The van der Waals surface area contributed by atoms with Crippen LogP contribution in [0.25, 0.3) is 0 Å². The van der Waals surface area contributed by atoms with Crippen LogP contribution in [0.2, 0.25) is 0 Å². The molecule has 1 N–H and O–H groups in total. The van der Waals surface area contributed by atoms with Crippen molar-refractivity contribution >= 4 is 11.3 Å². The summed E-state index contributed by atoms with van der Waals surface area (Å²) in [7, 11) is 2.21. The third kappa shape index (κ3) is 3.84. The number of aliphatic hydroxyl groups is 1. The first-order chi connectivity index (χ1) is 8.70. The van der Waals surface area contributed by atoms with Gasteiger partial charge in [0.1, 0.15) is 0 Å². The molecule has 18 heavy (non-hydrogen) atoms. The average molecular weight is 263 g/mol. The SMILES string of the molecule is CC(C1CC1)N(C)Cc1ccc(C#CCCO)s1. The highest BCUT2D eigenvalue weighted by molar-refractivity contribution is 7.12. The maximum Gasteiger partial charge on any atom is 0.0771 e. The van der Waals surface area contributed by atoms with Gasteiger partial charge in [-0.2, -0.15) is 0 Å². The van der Waals surface area contributed by atoms with Crippen molar-refractivity contribution in [2.24, 2.45) is 5.92 Å². The van der Waals surface area contributed by atoms with E-state index in [0.29, 0.717) is 12.5 Å². The molecule has 0 radical (unpaired) electrons. The van der Waals surface area contributed by atoms with Crippen molar-refractivity contribution in [2.75, 3.05) is 13.7 Å². The molecule has 1 fully saturated rings. The molecular formula is C15H21NOS. The van der Waals surface area contributed by atoms with Gasteiger partial charge in [0.15, 0.2) is 0 Å². The average Bonchev–Trinajstić information content (AvgIpc) is 3.11. The molecule has 1 aromatic heterocycles. The summed E-state index contributed by atoms with van der Waals surface area (Å²) >= 11 is 1.76. The molecule has 1 atom stereocenters. The van der Waals surface area contributed by atoms with Crippen molar-refractivity contribution in [3.8, 4) is 11.8 Å². The minimum Gasteiger partial charge on any atom is -0.395 e. The molecule has 1 heterocycles. The summed E-state index contributed by atoms with van der Waals surface area (Å²) in [5.41, 5.74) is 0. The zero-order chi connectivity index (χ0) is 13.0. The van der Waals surface area contributed by atoms with E-state index in [1.807, 2.05) is 0 Å². The molecule has 3 heteroatoms. The first kappa shape index (κ1) is 13.6. The molecule has 0 saturated heterocycles. The fourth-order valence-corrected chi connectivity index (χ4v) is 3.01. The number of hydrogen-bond acceptors (Lipinski definition) is 3.